The van der Waals surface area contributed by atoms with E-state index in [1.54, 1.807) is 12.4 Å². The highest BCUT2D eigenvalue weighted by Gasteiger charge is 2.22. The standard InChI is InChI=1S/C21H28N6O2/c28-20(26-10-12-27(13-11-26)21-23-7-3-8-24-21)6-9-22-18-4-1-2-5-19(18)25-14-16-29-17-15-25/h1-5,7-8,22H,6,9-17H2. The highest BCUT2D eigenvalue weighted by molar-refractivity contribution is 5.77. The first-order valence-corrected chi connectivity index (χ1v) is 10.3. The quantitative estimate of drug-likeness (QED) is 0.792. The number of nitrogens with one attached hydrogen (secondary N) is 1. The van der Waals surface area contributed by atoms with Crippen LogP contribution in [0.25, 0.3) is 0 Å². The van der Waals surface area contributed by atoms with Crippen LogP contribution in [0.5, 0.6) is 0 Å². The number of para-hydroxylation sites is 2. The number of hydrogen-bond donors (Lipinski definition) is 1. The first-order valence-electron chi connectivity index (χ1n) is 10.3. The highest BCUT2D eigenvalue weighted by Crippen LogP contribution is 2.26. The lowest BCUT2D eigenvalue weighted by atomic mass is 10.2. The summed E-state index contributed by atoms with van der Waals surface area (Å²) in [5.41, 5.74) is 2.26. The van der Waals surface area contributed by atoms with Crippen molar-refractivity contribution in [1.29, 1.82) is 0 Å². The predicted octanol–water partition coefficient (Wildman–Crippen LogP) is 1.46. The van der Waals surface area contributed by atoms with Crippen LogP contribution in [-0.4, -0.2) is 79.8 Å². The molecule has 2 aromatic rings. The number of ether oxygens (including phenoxy) is 1. The van der Waals surface area contributed by atoms with Gasteiger partial charge in [0, 0.05) is 64.6 Å². The molecule has 8 heteroatoms. The first kappa shape index (κ1) is 19.4. The van der Waals surface area contributed by atoms with Crippen LogP contribution in [0.15, 0.2) is 42.7 Å². The van der Waals surface area contributed by atoms with Gasteiger partial charge in [0.25, 0.3) is 0 Å². The molecular formula is C21H28N6O2. The van der Waals surface area contributed by atoms with E-state index in [2.05, 4.69) is 43.3 Å². The Balaban J connectivity index is 1.25. The summed E-state index contributed by atoms with van der Waals surface area (Å²) >= 11 is 0. The zero-order valence-corrected chi connectivity index (χ0v) is 16.7. The molecule has 0 radical (unpaired) electrons. The van der Waals surface area contributed by atoms with Crippen molar-refractivity contribution < 1.29 is 9.53 Å². The second kappa shape index (κ2) is 9.56. The number of hydrogen-bond acceptors (Lipinski definition) is 7. The minimum atomic E-state index is 0.190. The van der Waals surface area contributed by atoms with Gasteiger partial charge in [-0.3, -0.25) is 4.79 Å². The lowest BCUT2D eigenvalue weighted by Crippen LogP contribution is -2.49. The molecule has 4 rings (SSSR count). The lowest BCUT2D eigenvalue weighted by molar-refractivity contribution is -0.131. The number of piperazine rings is 1. The average molecular weight is 396 g/mol. The van der Waals surface area contributed by atoms with Gasteiger partial charge in [0.05, 0.1) is 24.6 Å². The third-order valence-corrected chi connectivity index (χ3v) is 5.38. The van der Waals surface area contributed by atoms with Crippen LogP contribution in [0.2, 0.25) is 0 Å². The van der Waals surface area contributed by atoms with Gasteiger partial charge in [-0.2, -0.15) is 0 Å². The van der Waals surface area contributed by atoms with Gasteiger partial charge in [-0.1, -0.05) is 12.1 Å². The van der Waals surface area contributed by atoms with E-state index >= 15 is 0 Å². The van der Waals surface area contributed by atoms with Gasteiger partial charge in [0.2, 0.25) is 11.9 Å². The van der Waals surface area contributed by atoms with Gasteiger partial charge in [-0.15, -0.1) is 0 Å². The monoisotopic (exact) mass is 396 g/mol. The Bertz CT molecular complexity index is 789. The maximum atomic E-state index is 12.6. The predicted molar refractivity (Wildman–Crippen MR) is 113 cm³/mol. The number of rotatable bonds is 6. The van der Waals surface area contributed by atoms with Crippen molar-refractivity contribution in [2.24, 2.45) is 0 Å². The van der Waals surface area contributed by atoms with Crippen LogP contribution in [0.4, 0.5) is 17.3 Å². The number of aromatic nitrogens is 2. The fourth-order valence-electron chi connectivity index (χ4n) is 3.78. The third kappa shape index (κ3) is 4.95. The minimum Gasteiger partial charge on any atom is -0.383 e. The van der Waals surface area contributed by atoms with Crippen molar-refractivity contribution in [3.05, 3.63) is 42.7 Å². The zero-order chi connectivity index (χ0) is 19.9. The fraction of sp³-hybridized carbons (Fsp3) is 0.476. The summed E-state index contributed by atoms with van der Waals surface area (Å²) < 4.78 is 5.45. The molecule has 0 aliphatic carbocycles. The van der Waals surface area contributed by atoms with Crippen molar-refractivity contribution in [3.63, 3.8) is 0 Å². The summed E-state index contributed by atoms with van der Waals surface area (Å²) in [4.78, 5) is 27.6. The summed E-state index contributed by atoms with van der Waals surface area (Å²) in [5.74, 6) is 0.927. The van der Waals surface area contributed by atoms with Crippen LogP contribution < -0.4 is 15.1 Å². The van der Waals surface area contributed by atoms with Gasteiger partial charge in [0.15, 0.2) is 0 Å². The molecule has 0 atom stereocenters. The highest BCUT2D eigenvalue weighted by atomic mass is 16.5. The number of nitrogens with zero attached hydrogens (tertiary/aromatic N) is 5. The van der Waals surface area contributed by atoms with Crippen LogP contribution >= 0.6 is 0 Å². The van der Waals surface area contributed by atoms with Crippen molar-refractivity contribution >= 4 is 23.2 Å². The molecule has 154 valence electrons. The van der Waals surface area contributed by atoms with E-state index in [1.807, 2.05) is 17.0 Å². The SMILES string of the molecule is O=C(CCNc1ccccc1N1CCOCC1)N1CCN(c2ncccn2)CC1. The summed E-state index contributed by atoms with van der Waals surface area (Å²) in [7, 11) is 0. The van der Waals surface area contributed by atoms with Crippen molar-refractivity contribution in [3.8, 4) is 0 Å². The molecule has 0 saturated carbocycles. The normalized spacial score (nSPS) is 17.3. The van der Waals surface area contributed by atoms with E-state index in [0.29, 0.717) is 26.1 Å². The average Bonchev–Trinajstić information content (AvgIpc) is 2.80. The maximum Gasteiger partial charge on any atom is 0.225 e. The van der Waals surface area contributed by atoms with Gasteiger partial charge in [-0.25, -0.2) is 9.97 Å². The van der Waals surface area contributed by atoms with Crippen molar-refractivity contribution in [2.45, 2.75) is 6.42 Å². The van der Waals surface area contributed by atoms with Gasteiger partial charge >= 0.3 is 0 Å². The number of anilines is 3. The topological polar surface area (TPSA) is 73.8 Å². The van der Waals surface area contributed by atoms with E-state index in [1.165, 1.54) is 5.69 Å². The number of carbonyl (C=O) groups excluding carboxylic acids is 1. The molecule has 2 aliphatic heterocycles. The third-order valence-electron chi connectivity index (χ3n) is 5.38. The van der Waals surface area contributed by atoms with Gasteiger partial charge < -0.3 is 24.8 Å². The van der Waals surface area contributed by atoms with E-state index in [4.69, 9.17) is 4.74 Å². The summed E-state index contributed by atoms with van der Waals surface area (Å²) in [6, 6.07) is 10.1. The maximum absolute atomic E-state index is 12.6. The lowest BCUT2D eigenvalue weighted by Gasteiger charge is -2.34. The molecule has 2 saturated heterocycles. The molecule has 3 heterocycles. The molecule has 8 nitrogen and oxygen atoms in total. The van der Waals surface area contributed by atoms with Crippen molar-refractivity contribution in [1.82, 2.24) is 14.9 Å². The number of carbonyl (C=O) groups is 1. The van der Waals surface area contributed by atoms with Crippen LogP contribution in [-0.2, 0) is 9.53 Å². The molecule has 2 fully saturated rings. The second-order valence-corrected chi connectivity index (χ2v) is 7.21. The zero-order valence-electron chi connectivity index (χ0n) is 16.7. The Labute approximate surface area is 171 Å². The number of benzene rings is 1. The van der Waals surface area contributed by atoms with Gasteiger partial charge in [0.1, 0.15) is 0 Å². The van der Waals surface area contributed by atoms with Crippen LogP contribution in [0, 0.1) is 0 Å². The summed E-state index contributed by atoms with van der Waals surface area (Å²) in [6.45, 7) is 6.89. The first-order chi connectivity index (χ1) is 14.3. The van der Waals surface area contributed by atoms with E-state index in [-0.39, 0.29) is 5.91 Å². The smallest absolute Gasteiger partial charge is 0.225 e. The Morgan fingerprint density at radius 1 is 0.931 bits per heavy atom. The van der Waals surface area contributed by atoms with E-state index < -0.39 is 0 Å². The van der Waals surface area contributed by atoms with Crippen LogP contribution in [0.1, 0.15) is 6.42 Å². The molecular weight excluding hydrogens is 368 g/mol. The Kier molecular flexibility index (Phi) is 6.41. The van der Waals surface area contributed by atoms with Crippen molar-refractivity contribution in [2.75, 3.05) is 74.1 Å². The second-order valence-electron chi connectivity index (χ2n) is 7.21. The molecule has 0 spiro atoms. The summed E-state index contributed by atoms with van der Waals surface area (Å²) in [5, 5.41) is 3.45. The molecule has 1 amide bonds. The Morgan fingerprint density at radius 2 is 1.66 bits per heavy atom. The van der Waals surface area contributed by atoms with Crippen LogP contribution in [0.3, 0.4) is 0 Å². The number of morpholine rings is 1. The van der Waals surface area contributed by atoms with Gasteiger partial charge in [-0.05, 0) is 18.2 Å². The molecule has 1 aromatic heterocycles. The molecule has 1 aromatic carbocycles. The van der Waals surface area contributed by atoms with E-state index in [0.717, 1.165) is 51.0 Å². The summed E-state index contributed by atoms with van der Waals surface area (Å²) in [6.07, 6.45) is 3.99. The molecule has 1 N–H and O–H groups in total. The Hall–Kier alpha value is -2.87. The molecule has 0 unspecified atom stereocenters. The van der Waals surface area contributed by atoms with E-state index in [9.17, 15) is 4.79 Å². The minimum absolute atomic E-state index is 0.190. The molecule has 0 bridgehead atoms. The fourth-order valence-corrected chi connectivity index (χ4v) is 3.78. The number of amides is 1. The molecule has 29 heavy (non-hydrogen) atoms. The molecule has 2 aliphatic rings. The largest absolute Gasteiger partial charge is 0.383 e. The Morgan fingerprint density at radius 3 is 2.41 bits per heavy atom.